The zero-order valence-corrected chi connectivity index (χ0v) is 11.2. The molecule has 1 aromatic rings. The van der Waals surface area contributed by atoms with E-state index in [1.165, 1.54) is 6.07 Å². The zero-order chi connectivity index (χ0) is 14.5. The summed E-state index contributed by atoms with van der Waals surface area (Å²) in [5.41, 5.74) is -1.69. The third-order valence-corrected chi connectivity index (χ3v) is 4.03. The molecule has 0 bridgehead atoms. The molecule has 1 unspecified atom stereocenters. The van der Waals surface area contributed by atoms with Gasteiger partial charge in [0, 0.05) is 5.54 Å². The maximum atomic E-state index is 12.7. The van der Waals surface area contributed by atoms with Crippen LogP contribution < -0.4 is 0 Å². The highest BCUT2D eigenvalue weighted by Gasteiger charge is 2.49. The molecule has 5 heteroatoms. The third-order valence-electron chi connectivity index (χ3n) is 4.03. The SMILES string of the molecule is CC1(C)CCC(C)(c2cccc(C(F)(F)F)c2)N1[O]. The van der Waals surface area contributed by atoms with E-state index in [4.69, 9.17) is 0 Å². The van der Waals surface area contributed by atoms with E-state index in [-0.39, 0.29) is 0 Å². The van der Waals surface area contributed by atoms with E-state index in [0.29, 0.717) is 18.4 Å². The van der Waals surface area contributed by atoms with Crippen molar-refractivity contribution < 1.29 is 18.4 Å². The molecule has 19 heavy (non-hydrogen) atoms. The fraction of sp³-hybridized carbons (Fsp3) is 0.571. The lowest BCUT2D eigenvalue weighted by molar-refractivity contribution is -0.252. The number of nitrogens with zero attached hydrogens (tertiary/aromatic N) is 1. The summed E-state index contributed by atoms with van der Waals surface area (Å²) in [6, 6.07) is 5.08. The molecule has 0 aliphatic carbocycles. The van der Waals surface area contributed by atoms with Crippen molar-refractivity contribution in [3.05, 3.63) is 35.4 Å². The van der Waals surface area contributed by atoms with Crippen molar-refractivity contribution in [1.82, 2.24) is 5.06 Å². The molecule has 0 saturated carbocycles. The topological polar surface area (TPSA) is 23.1 Å². The molecule has 0 N–H and O–H groups in total. The van der Waals surface area contributed by atoms with Gasteiger partial charge in [0.2, 0.25) is 0 Å². The fourth-order valence-electron chi connectivity index (χ4n) is 2.71. The van der Waals surface area contributed by atoms with Gasteiger partial charge in [-0.1, -0.05) is 12.1 Å². The van der Waals surface area contributed by atoms with E-state index in [1.807, 2.05) is 13.8 Å². The molecular formula is C14H17F3NO. The lowest BCUT2D eigenvalue weighted by Crippen LogP contribution is -2.44. The molecule has 1 atom stereocenters. The van der Waals surface area contributed by atoms with E-state index in [1.54, 1.807) is 13.0 Å². The summed E-state index contributed by atoms with van der Waals surface area (Å²) in [5.74, 6) is 0. The molecule has 105 valence electrons. The molecule has 2 rings (SSSR count). The number of hydrogen-bond acceptors (Lipinski definition) is 1. The highest BCUT2D eigenvalue weighted by Crippen LogP contribution is 2.46. The number of alkyl halides is 3. The molecule has 1 aliphatic heterocycles. The van der Waals surface area contributed by atoms with Crippen LogP contribution >= 0.6 is 0 Å². The van der Waals surface area contributed by atoms with Crippen molar-refractivity contribution in [2.45, 2.75) is 50.9 Å². The number of rotatable bonds is 1. The number of halogens is 3. The van der Waals surface area contributed by atoms with Crippen molar-refractivity contribution in [2.24, 2.45) is 0 Å². The molecular weight excluding hydrogens is 255 g/mol. The highest BCUT2D eigenvalue weighted by molar-refractivity contribution is 5.32. The van der Waals surface area contributed by atoms with Crippen molar-refractivity contribution in [3.8, 4) is 0 Å². The normalized spacial score (nSPS) is 27.7. The molecule has 1 fully saturated rings. The van der Waals surface area contributed by atoms with E-state index in [2.05, 4.69) is 0 Å². The average Bonchev–Trinajstić information content (AvgIpc) is 2.54. The average molecular weight is 272 g/mol. The van der Waals surface area contributed by atoms with E-state index < -0.39 is 22.8 Å². The standard InChI is InChI=1S/C14H17F3NO/c1-12(2)7-8-13(3,18(12)19)10-5-4-6-11(9-10)14(15,16)17/h4-6,9H,7-8H2,1-3H3. The van der Waals surface area contributed by atoms with Gasteiger partial charge < -0.3 is 0 Å². The second kappa shape index (κ2) is 4.21. The second-order valence-electron chi connectivity index (χ2n) is 5.96. The molecule has 0 aromatic heterocycles. The fourth-order valence-corrected chi connectivity index (χ4v) is 2.71. The Morgan fingerprint density at radius 3 is 2.26 bits per heavy atom. The van der Waals surface area contributed by atoms with Gasteiger partial charge in [0.15, 0.2) is 0 Å². The Bertz CT molecular complexity index is 484. The van der Waals surface area contributed by atoms with Gasteiger partial charge in [-0.05, 0) is 51.3 Å². The minimum atomic E-state index is -4.38. The summed E-state index contributed by atoms with van der Waals surface area (Å²) in [6.07, 6.45) is -3.15. The van der Waals surface area contributed by atoms with E-state index >= 15 is 0 Å². The Morgan fingerprint density at radius 2 is 1.79 bits per heavy atom. The minimum absolute atomic E-state index is 0.433. The quantitative estimate of drug-likeness (QED) is 0.753. The lowest BCUT2D eigenvalue weighted by atomic mass is 9.89. The van der Waals surface area contributed by atoms with Gasteiger partial charge in [-0.15, -0.1) is 10.3 Å². The van der Waals surface area contributed by atoms with Crippen molar-refractivity contribution in [3.63, 3.8) is 0 Å². The Labute approximate surface area is 110 Å². The summed E-state index contributed by atoms with van der Waals surface area (Å²) >= 11 is 0. The zero-order valence-electron chi connectivity index (χ0n) is 11.2. The monoisotopic (exact) mass is 272 g/mol. The first-order valence-corrected chi connectivity index (χ1v) is 6.23. The van der Waals surface area contributed by atoms with Crippen LogP contribution in [0.3, 0.4) is 0 Å². The first-order valence-electron chi connectivity index (χ1n) is 6.23. The van der Waals surface area contributed by atoms with E-state index in [9.17, 15) is 18.4 Å². The van der Waals surface area contributed by atoms with Crippen LogP contribution in [0, 0.1) is 0 Å². The van der Waals surface area contributed by atoms with Crippen molar-refractivity contribution in [1.29, 1.82) is 0 Å². The van der Waals surface area contributed by atoms with Gasteiger partial charge in [0.05, 0.1) is 11.1 Å². The van der Waals surface area contributed by atoms with Crippen LogP contribution in [0.1, 0.15) is 44.7 Å². The maximum Gasteiger partial charge on any atom is 0.416 e. The van der Waals surface area contributed by atoms with Crippen LogP contribution in [0.4, 0.5) is 13.2 Å². The van der Waals surface area contributed by atoms with Crippen molar-refractivity contribution in [2.75, 3.05) is 0 Å². The van der Waals surface area contributed by atoms with Gasteiger partial charge in [-0.3, -0.25) is 0 Å². The lowest BCUT2D eigenvalue weighted by Gasteiger charge is -2.35. The summed E-state index contributed by atoms with van der Waals surface area (Å²) in [6.45, 7) is 5.35. The Hall–Kier alpha value is -1.07. The molecule has 1 saturated heterocycles. The number of benzene rings is 1. The van der Waals surface area contributed by atoms with Gasteiger partial charge in [-0.2, -0.15) is 13.2 Å². The first kappa shape index (κ1) is 14.3. The van der Waals surface area contributed by atoms with Gasteiger partial charge in [-0.25, -0.2) is 0 Å². The highest BCUT2D eigenvalue weighted by atomic mass is 19.4. The number of hydrogen-bond donors (Lipinski definition) is 0. The maximum absolute atomic E-state index is 12.7. The Kier molecular flexibility index (Phi) is 3.18. The Balaban J connectivity index is 2.43. The van der Waals surface area contributed by atoms with Crippen LogP contribution in [-0.2, 0) is 16.9 Å². The van der Waals surface area contributed by atoms with E-state index in [0.717, 1.165) is 17.2 Å². The Morgan fingerprint density at radius 1 is 1.16 bits per heavy atom. The van der Waals surface area contributed by atoms with Crippen LogP contribution in [-0.4, -0.2) is 10.6 Å². The smallest absolute Gasteiger partial charge is 0.166 e. The van der Waals surface area contributed by atoms with Crippen LogP contribution in [0.2, 0.25) is 0 Å². The molecule has 1 heterocycles. The predicted octanol–water partition coefficient (Wildman–Crippen LogP) is 4.14. The minimum Gasteiger partial charge on any atom is -0.166 e. The third kappa shape index (κ3) is 2.37. The molecule has 1 radical (unpaired) electrons. The molecule has 0 amide bonds. The first-order chi connectivity index (χ1) is 8.57. The summed E-state index contributed by atoms with van der Waals surface area (Å²) in [5, 5.41) is 13.3. The van der Waals surface area contributed by atoms with Crippen LogP contribution in [0.25, 0.3) is 0 Å². The largest absolute Gasteiger partial charge is 0.416 e. The van der Waals surface area contributed by atoms with Gasteiger partial charge >= 0.3 is 6.18 Å². The van der Waals surface area contributed by atoms with Crippen LogP contribution in [0.5, 0.6) is 0 Å². The molecule has 1 aromatic carbocycles. The van der Waals surface area contributed by atoms with Gasteiger partial charge in [0.25, 0.3) is 0 Å². The second-order valence-corrected chi connectivity index (χ2v) is 5.96. The molecule has 0 spiro atoms. The van der Waals surface area contributed by atoms with Gasteiger partial charge in [0.1, 0.15) is 0 Å². The molecule has 1 aliphatic rings. The summed E-state index contributed by atoms with van der Waals surface area (Å²) in [7, 11) is 0. The van der Waals surface area contributed by atoms with Crippen molar-refractivity contribution >= 4 is 0 Å². The summed E-state index contributed by atoms with van der Waals surface area (Å²) in [4.78, 5) is 0. The molecule has 2 nitrogen and oxygen atoms in total. The number of hydroxylamine groups is 2. The predicted molar refractivity (Wildman–Crippen MR) is 64.6 cm³/mol. The summed E-state index contributed by atoms with van der Waals surface area (Å²) < 4.78 is 38.2. The van der Waals surface area contributed by atoms with Crippen LogP contribution in [0.15, 0.2) is 24.3 Å².